The van der Waals surface area contributed by atoms with Crippen molar-refractivity contribution in [1.82, 2.24) is 15.0 Å². The Morgan fingerprint density at radius 3 is 2.64 bits per heavy atom. The second-order valence-electron chi connectivity index (χ2n) is 5.93. The van der Waals surface area contributed by atoms with Crippen molar-refractivity contribution in [1.29, 1.82) is 0 Å². The van der Waals surface area contributed by atoms with Crippen LogP contribution in [-0.2, 0) is 0 Å². The summed E-state index contributed by atoms with van der Waals surface area (Å²) in [5, 5.41) is 10.2. The smallest absolute Gasteiger partial charge is 0.238 e. The van der Waals surface area contributed by atoms with Gasteiger partial charge in [0.1, 0.15) is 5.69 Å². The Morgan fingerprint density at radius 1 is 1.12 bits per heavy atom. The minimum Gasteiger partial charge on any atom is -0.492 e. The van der Waals surface area contributed by atoms with Gasteiger partial charge in [-0.25, -0.2) is 9.98 Å². The minimum atomic E-state index is 0. The zero-order valence-electron chi connectivity index (χ0n) is 13.7. The van der Waals surface area contributed by atoms with Gasteiger partial charge in [-0.1, -0.05) is 12.8 Å². The van der Waals surface area contributed by atoms with E-state index >= 15 is 0 Å². The average Bonchev–Trinajstić information content (AvgIpc) is 3.01. The summed E-state index contributed by atoms with van der Waals surface area (Å²) in [5.41, 5.74) is 2.51. The number of pyridine rings is 1. The first-order valence-electron chi connectivity index (χ1n) is 8.06. The Balaban J connectivity index is 0.00000113. The number of hydrogen-bond donors (Lipinski definition) is 2. The molecule has 6 nitrogen and oxygen atoms in total. The summed E-state index contributed by atoms with van der Waals surface area (Å²) in [4.78, 5) is 18.3. The number of nitrogens with zero attached hydrogens (tertiary/aromatic N) is 4. The molecule has 0 atom stereocenters. The molecule has 0 radical (unpaired) electrons. The number of anilines is 1. The molecule has 0 spiro atoms. The number of aliphatic imine (C=N–C) groups is 1. The molecule has 0 amide bonds. The van der Waals surface area contributed by atoms with Crippen LogP contribution in [0, 0.1) is 0 Å². The molecular weight excluding hydrogens is 361 g/mol. The van der Waals surface area contributed by atoms with E-state index in [0.717, 1.165) is 30.2 Å². The van der Waals surface area contributed by atoms with Gasteiger partial charge in [-0.05, 0) is 31.1 Å². The topological polar surface area (TPSA) is 77.4 Å². The first-order chi connectivity index (χ1) is 11.3. The normalized spacial score (nSPS) is 17.6. The van der Waals surface area contributed by atoms with Crippen molar-refractivity contribution in [3.63, 3.8) is 0 Å². The lowest BCUT2D eigenvalue weighted by molar-refractivity contribution is 0.455. The predicted molar refractivity (Wildman–Crippen MR) is 106 cm³/mol. The Kier molecular flexibility index (Phi) is 6.45. The first-order valence-corrected chi connectivity index (χ1v) is 8.06. The lowest BCUT2D eigenvalue weighted by atomic mass is 10.1. The van der Waals surface area contributed by atoms with E-state index in [1.807, 2.05) is 18.2 Å². The second kappa shape index (κ2) is 8.36. The number of aromatic nitrogens is 3. The van der Waals surface area contributed by atoms with Crippen molar-refractivity contribution in [3.8, 4) is 5.88 Å². The number of fused-ring (bicyclic) bond motifs is 1. The fraction of sp³-hybridized carbons (Fsp3) is 0.353. The van der Waals surface area contributed by atoms with Crippen molar-refractivity contribution in [3.05, 3.63) is 29.6 Å². The van der Waals surface area contributed by atoms with E-state index in [-0.39, 0.29) is 30.7 Å². The third-order valence-corrected chi connectivity index (χ3v) is 4.33. The molecule has 0 aromatic carbocycles. The van der Waals surface area contributed by atoms with Crippen LogP contribution in [0.5, 0.6) is 5.88 Å². The molecule has 0 bridgehead atoms. The van der Waals surface area contributed by atoms with E-state index < -0.39 is 0 Å². The molecule has 25 heavy (non-hydrogen) atoms. The van der Waals surface area contributed by atoms with Crippen LogP contribution in [0.25, 0.3) is 11.6 Å². The van der Waals surface area contributed by atoms with Gasteiger partial charge >= 0.3 is 0 Å². The average molecular weight is 382 g/mol. The number of H-pyrrole nitrogens is 1. The van der Waals surface area contributed by atoms with Gasteiger partial charge in [-0.3, -0.25) is 0 Å². The highest BCUT2D eigenvalue weighted by Crippen LogP contribution is 2.32. The summed E-state index contributed by atoms with van der Waals surface area (Å²) in [6.45, 7) is 1.97. The molecule has 1 saturated heterocycles. The second-order valence-corrected chi connectivity index (χ2v) is 5.93. The number of hydrogen-bond acceptors (Lipinski definition) is 5. The zero-order valence-corrected chi connectivity index (χ0v) is 15.3. The number of imidazole rings is 1. The van der Waals surface area contributed by atoms with Crippen molar-refractivity contribution in [2.24, 2.45) is 4.99 Å². The number of halogens is 2. The maximum absolute atomic E-state index is 10.2. The van der Waals surface area contributed by atoms with Gasteiger partial charge in [0.05, 0.1) is 0 Å². The van der Waals surface area contributed by atoms with E-state index in [1.165, 1.54) is 25.7 Å². The van der Waals surface area contributed by atoms with Crippen molar-refractivity contribution in [2.75, 3.05) is 18.0 Å². The standard InChI is InChI=1S/C17H19N5O.2ClH/c23-16-14(10-12-11-19-15-13(12)6-5-7-18-15)20-17(21-16)22-8-3-1-2-4-9-22;;/h5-7,10-11,23H,1-4,8-9H2,(H,20,21);2*1H. The van der Waals surface area contributed by atoms with E-state index in [2.05, 4.69) is 24.8 Å². The zero-order chi connectivity index (χ0) is 15.6. The molecule has 2 N–H and O–H groups in total. The molecule has 134 valence electrons. The van der Waals surface area contributed by atoms with Gasteiger partial charge in [-0.15, -0.1) is 24.8 Å². The van der Waals surface area contributed by atoms with Crippen LogP contribution in [0.3, 0.4) is 0 Å². The SMILES string of the molecule is Cl.Cl.Oc1nc(N2CCCCCC2)[nH]c1C=C1C=Nc2ncccc21. The van der Waals surface area contributed by atoms with E-state index in [0.29, 0.717) is 11.5 Å². The quantitative estimate of drug-likeness (QED) is 0.823. The highest BCUT2D eigenvalue weighted by molar-refractivity contribution is 6.20. The summed E-state index contributed by atoms with van der Waals surface area (Å²) in [7, 11) is 0. The molecule has 4 rings (SSSR count). The molecule has 0 unspecified atom stereocenters. The Labute approximate surface area is 158 Å². The molecule has 2 aliphatic rings. The van der Waals surface area contributed by atoms with E-state index in [4.69, 9.17) is 0 Å². The van der Waals surface area contributed by atoms with E-state index in [9.17, 15) is 5.11 Å². The summed E-state index contributed by atoms with van der Waals surface area (Å²) < 4.78 is 0. The monoisotopic (exact) mass is 381 g/mol. The third-order valence-electron chi connectivity index (χ3n) is 4.33. The first kappa shape index (κ1) is 19.3. The van der Waals surface area contributed by atoms with Gasteiger partial charge in [0.15, 0.2) is 5.82 Å². The highest BCUT2D eigenvalue weighted by Gasteiger charge is 2.18. The Hall–Kier alpha value is -2.05. The highest BCUT2D eigenvalue weighted by atomic mass is 35.5. The molecule has 2 aromatic rings. The number of aromatic hydroxyl groups is 1. The molecule has 8 heteroatoms. The Morgan fingerprint density at radius 2 is 1.88 bits per heavy atom. The molecule has 4 heterocycles. The maximum atomic E-state index is 10.2. The molecular formula is C17H21Cl2N5O. The van der Waals surface area contributed by atoms with Crippen LogP contribution >= 0.6 is 24.8 Å². The fourth-order valence-electron chi connectivity index (χ4n) is 3.09. The van der Waals surface area contributed by atoms with E-state index in [1.54, 1.807) is 12.4 Å². The molecule has 2 aliphatic heterocycles. The van der Waals surface area contributed by atoms with Crippen molar-refractivity contribution in [2.45, 2.75) is 25.7 Å². The molecule has 0 saturated carbocycles. The summed E-state index contributed by atoms with van der Waals surface area (Å²) >= 11 is 0. The fourth-order valence-corrected chi connectivity index (χ4v) is 3.09. The predicted octanol–water partition coefficient (Wildman–Crippen LogP) is 3.99. The molecule has 0 aliphatic carbocycles. The van der Waals surface area contributed by atoms with Crippen LogP contribution in [0.15, 0.2) is 23.3 Å². The minimum absolute atomic E-state index is 0. The molecule has 2 aromatic heterocycles. The van der Waals surface area contributed by atoms with Crippen LogP contribution in [0.2, 0.25) is 0 Å². The Bertz CT molecular complexity index is 779. The molecule has 1 fully saturated rings. The summed E-state index contributed by atoms with van der Waals surface area (Å²) in [5.74, 6) is 1.49. The van der Waals surface area contributed by atoms with Crippen molar-refractivity contribution < 1.29 is 5.11 Å². The van der Waals surface area contributed by atoms with Gasteiger partial charge in [0.25, 0.3) is 0 Å². The maximum Gasteiger partial charge on any atom is 0.238 e. The number of aromatic amines is 1. The lowest BCUT2D eigenvalue weighted by Gasteiger charge is -2.18. The van der Waals surface area contributed by atoms with Gasteiger partial charge in [0.2, 0.25) is 11.8 Å². The van der Waals surface area contributed by atoms with Crippen molar-refractivity contribution >= 4 is 54.4 Å². The number of allylic oxidation sites excluding steroid dienone is 1. The summed E-state index contributed by atoms with van der Waals surface area (Å²) in [6.07, 6.45) is 10.2. The number of rotatable bonds is 2. The van der Waals surface area contributed by atoms with Gasteiger partial charge in [-0.2, -0.15) is 4.98 Å². The van der Waals surface area contributed by atoms with Gasteiger partial charge < -0.3 is 15.0 Å². The summed E-state index contributed by atoms with van der Waals surface area (Å²) in [6, 6.07) is 3.86. The van der Waals surface area contributed by atoms with Crippen LogP contribution in [0.4, 0.5) is 11.8 Å². The van der Waals surface area contributed by atoms with Crippen LogP contribution in [-0.4, -0.2) is 39.4 Å². The number of nitrogens with one attached hydrogen (secondary N) is 1. The van der Waals surface area contributed by atoms with Crippen LogP contribution < -0.4 is 4.90 Å². The van der Waals surface area contributed by atoms with Crippen LogP contribution in [0.1, 0.15) is 36.9 Å². The third kappa shape index (κ3) is 3.96. The largest absolute Gasteiger partial charge is 0.492 e. The van der Waals surface area contributed by atoms with Gasteiger partial charge in [0, 0.05) is 36.6 Å². The lowest BCUT2D eigenvalue weighted by Crippen LogP contribution is -2.24.